The minimum Gasteiger partial charge on any atom is -0.329 e. The van der Waals surface area contributed by atoms with Crippen LogP contribution >= 0.6 is 0 Å². The monoisotopic (exact) mass is 197 g/mol. The van der Waals surface area contributed by atoms with E-state index in [0.717, 1.165) is 6.54 Å². The molecule has 0 fully saturated rings. The fourth-order valence-electron chi connectivity index (χ4n) is 1.25. The van der Waals surface area contributed by atoms with Gasteiger partial charge in [-0.2, -0.15) is 0 Å². The van der Waals surface area contributed by atoms with Crippen molar-refractivity contribution in [3.63, 3.8) is 0 Å². The van der Waals surface area contributed by atoms with Crippen molar-refractivity contribution in [2.75, 3.05) is 33.2 Å². The van der Waals surface area contributed by atoms with Crippen LogP contribution in [0.4, 0.5) is 0 Å². The summed E-state index contributed by atoms with van der Waals surface area (Å²) < 4.78 is 0. The molecule has 0 aromatic carbocycles. The summed E-state index contributed by atoms with van der Waals surface area (Å²) in [5.41, 5.74) is 5.37. The van der Waals surface area contributed by atoms with E-state index in [-0.39, 0.29) is 11.8 Å². The molecule has 0 radical (unpaired) electrons. The third kappa shape index (κ3) is 2.65. The van der Waals surface area contributed by atoms with Gasteiger partial charge in [0, 0.05) is 38.3 Å². The zero-order chi connectivity index (χ0) is 10.6. The third-order valence-electron chi connectivity index (χ3n) is 2.12. The number of rotatable bonds is 5. The Labute approximate surface area is 83.1 Å². The quantitative estimate of drug-likeness (QED) is 0.562. The highest BCUT2D eigenvalue weighted by Gasteiger charge is 2.22. The van der Waals surface area contributed by atoms with Crippen molar-refractivity contribution in [1.29, 1.82) is 0 Å². The molecule has 0 aromatic heterocycles. The van der Waals surface area contributed by atoms with Crippen LogP contribution in [0.2, 0.25) is 0 Å². The Balaban J connectivity index is 2.31. The predicted octanol–water partition coefficient (Wildman–Crippen LogP) is -1.20. The molecule has 5 heteroatoms. The fourth-order valence-corrected chi connectivity index (χ4v) is 1.25. The van der Waals surface area contributed by atoms with E-state index in [4.69, 9.17) is 5.73 Å². The van der Waals surface area contributed by atoms with Crippen LogP contribution in [0.25, 0.3) is 0 Å². The molecule has 0 aliphatic carbocycles. The summed E-state index contributed by atoms with van der Waals surface area (Å²) >= 11 is 0. The summed E-state index contributed by atoms with van der Waals surface area (Å²) in [6.07, 6.45) is 2.59. The summed E-state index contributed by atoms with van der Waals surface area (Å²) in [5, 5.41) is 0. The highest BCUT2D eigenvalue weighted by molar-refractivity contribution is 6.12. The minimum absolute atomic E-state index is 0.226. The van der Waals surface area contributed by atoms with Crippen molar-refractivity contribution >= 4 is 11.8 Å². The molecular weight excluding hydrogens is 182 g/mol. The molecule has 0 spiro atoms. The number of carbonyl (C=O) groups excluding carboxylic acids is 2. The minimum atomic E-state index is -0.226. The normalized spacial score (nSPS) is 16.1. The molecule has 0 unspecified atom stereocenters. The molecular formula is C9H15N3O2. The van der Waals surface area contributed by atoms with Crippen LogP contribution < -0.4 is 5.73 Å². The van der Waals surface area contributed by atoms with Gasteiger partial charge in [-0.1, -0.05) is 0 Å². The molecule has 1 aliphatic rings. The van der Waals surface area contributed by atoms with E-state index in [0.29, 0.717) is 19.6 Å². The lowest BCUT2D eigenvalue weighted by Crippen LogP contribution is -2.38. The Morgan fingerprint density at radius 1 is 1.29 bits per heavy atom. The lowest BCUT2D eigenvalue weighted by Gasteiger charge is -2.19. The van der Waals surface area contributed by atoms with E-state index in [9.17, 15) is 9.59 Å². The lowest BCUT2D eigenvalue weighted by atomic mass is 10.4. The maximum atomic E-state index is 11.1. The number of hydrogen-bond acceptors (Lipinski definition) is 4. The molecule has 0 atom stereocenters. The number of hydrogen-bond donors (Lipinski definition) is 1. The molecule has 0 bridgehead atoms. The molecule has 0 saturated carbocycles. The van der Waals surface area contributed by atoms with Crippen LogP contribution in [0.1, 0.15) is 0 Å². The second-order valence-corrected chi connectivity index (χ2v) is 3.25. The molecule has 1 aliphatic heterocycles. The molecule has 1 heterocycles. The molecule has 0 aromatic rings. The van der Waals surface area contributed by atoms with Gasteiger partial charge < -0.3 is 10.6 Å². The average molecular weight is 197 g/mol. The van der Waals surface area contributed by atoms with E-state index in [2.05, 4.69) is 0 Å². The third-order valence-corrected chi connectivity index (χ3v) is 2.12. The SMILES string of the molecule is CN(CCN)CCN1C(=O)C=CC1=O. The Morgan fingerprint density at radius 3 is 2.36 bits per heavy atom. The number of carbonyl (C=O) groups is 2. The first kappa shape index (κ1) is 10.9. The Hall–Kier alpha value is -1.20. The summed E-state index contributed by atoms with van der Waals surface area (Å²) in [5.74, 6) is -0.452. The zero-order valence-electron chi connectivity index (χ0n) is 8.27. The number of likely N-dealkylation sites (N-methyl/N-ethyl adjacent to an activating group) is 1. The zero-order valence-corrected chi connectivity index (χ0v) is 8.27. The van der Waals surface area contributed by atoms with Crippen LogP contribution in [0.5, 0.6) is 0 Å². The largest absolute Gasteiger partial charge is 0.329 e. The van der Waals surface area contributed by atoms with Gasteiger partial charge in [0.1, 0.15) is 0 Å². The molecule has 5 nitrogen and oxygen atoms in total. The van der Waals surface area contributed by atoms with Crippen LogP contribution in [0.3, 0.4) is 0 Å². The van der Waals surface area contributed by atoms with E-state index in [1.54, 1.807) is 0 Å². The number of amides is 2. The van der Waals surface area contributed by atoms with Crippen molar-refractivity contribution in [2.24, 2.45) is 5.73 Å². The highest BCUT2D eigenvalue weighted by Crippen LogP contribution is 2.02. The van der Waals surface area contributed by atoms with Crippen LogP contribution in [0.15, 0.2) is 12.2 Å². The Morgan fingerprint density at radius 2 is 1.86 bits per heavy atom. The maximum absolute atomic E-state index is 11.1. The van der Waals surface area contributed by atoms with Gasteiger partial charge in [0.05, 0.1) is 0 Å². The van der Waals surface area contributed by atoms with Crippen LogP contribution in [0, 0.1) is 0 Å². The number of imide groups is 1. The second-order valence-electron chi connectivity index (χ2n) is 3.25. The topological polar surface area (TPSA) is 66.6 Å². The molecule has 1 rings (SSSR count). The number of nitrogens with two attached hydrogens (primary N) is 1. The predicted molar refractivity (Wildman–Crippen MR) is 52.4 cm³/mol. The lowest BCUT2D eigenvalue weighted by molar-refractivity contribution is -0.136. The van der Waals surface area contributed by atoms with E-state index < -0.39 is 0 Å². The van der Waals surface area contributed by atoms with Crippen molar-refractivity contribution in [3.8, 4) is 0 Å². The van der Waals surface area contributed by atoms with E-state index in [1.165, 1.54) is 17.1 Å². The van der Waals surface area contributed by atoms with Gasteiger partial charge >= 0.3 is 0 Å². The average Bonchev–Trinajstić information content (AvgIpc) is 2.44. The Kier molecular flexibility index (Phi) is 3.79. The molecule has 2 N–H and O–H groups in total. The molecule has 14 heavy (non-hydrogen) atoms. The van der Waals surface area contributed by atoms with Gasteiger partial charge in [-0.3, -0.25) is 14.5 Å². The van der Waals surface area contributed by atoms with E-state index in [1.807, 2.05) is 11.9 Å². The smallest absolute Gasteiger partial charge is 0.253 e. The van der Waals surface area contributed by atoms with Crippen molar-refractivity contribution in [2.45, 2.75) is 0 Å². The van der Waals surface area contributed by atoms with Gasteiger partial charge in [-0.05, 0) is 7.05 Å². The Bertz CT molecular complexity index is 245. The first-order chi connectivity index (χ1) is 6.65. The summed E-state index contributed by atoms with van der Waals surface area (Å²) in [7, 11) is 1.91. The number of nitrogens with zero attached hydrogens (tertiary/aromatic N) is 2. The van der Waals surface area contributed by atoms with Gasteiger partial charge in [0.15, 0.2) is 0 Å². The first-order valence-electron chi connectivity index (χ1n) is 4.57. The van der Waals surface area contributed by atoms with Gasteiger partial charge in [-0.15, -0.1) is 0 Å². The maximum Gasteiger partial charge on any atom is 0.253 e. The molecule has 78 valence electrons. The van der Waals surface area contributed by atoms with Crippen molar-refractivity contribution in [1.82, 2.24) is 9.80 Å². The van der Waals surface area contributed by atoms with Crippen molar-refractivity contribution in [3.05, 3.63) is 12.2 Å². The summed E-state index contributed by atoms with van der Waals surface area (Å²) in [6, 6.07) is 0. The standard InChI is InChI=1S/C9H15N3O2/c1-11(5-4-10)6-7-12-8(13)2-3-9(12)14/h2-3H,4-7,10H2,1H3. The van der Waals surface area contributed by atoms with Gasteiger partial charge in [-0.25, -0.2) is 0 Å². The fraction of sp³-hybridized carbons (Fsp3) is 0.556. The first-order valence-corrected chi connectivity index (χ1v) is 4.57. The summed E-state index contributed by atoms with van der Waals surface area (Å²) in [6.45, 7) is 2.44. The second kappa shape index (κ2) is 4.88. The van der Waals surface area contributed by atoms with Crippen LogP contribution in [-0.2, 0) is 9.59 Å². The highest BCUT2D eigenvalue weighted by atomic mass is 16.2. The van der Waals surface area contributed by atoms with Crippen molar-refractivity contribution < 1.29 is 9.59 Å². The van der Waals surface area contributed by atoms with Gasteiger partial charge in [0.2, 0.25) is 0 Å². The molecule has 2 amide bonds. The van der Waals surface area contributed by atoms with Gasteiger partial charge in [0.25, 0.3) is 11.8 Å². The summed E-state index contributed by atoms with van der Waals surface area (Å²) in [4.78, 5) is 25.5. The van der Waals surface area contributed by atoms with Crippen LogP contribution in [-0.4, -0.2) is 54.8 Å². The van der Waals surface area contributed by atoms with E-state index >= 15 is 0 Å². The molecule has 0 saturated heterocycles.